The van der Waals surface area contributed by atoms with Crippen LogP contribution in [0.15, 0.2) is 30.5 Å². The molecule has 0 aliphatic carbocycles. The van der Waals surface area contributed by atoms with Gasteiger partial charge in [-0.3, -0.25) is 10.00 Å². The topological polar surface area (TPSA) is 73.4 Å². The van der Waals surface area contributed by atoms with Crippen LogP contribution in [0.1, 0.15) is 37.0 Å². The van der Waals surface area contributed by atoms with Crippen molar-refractivity contribution in [3.63, 3.8) is 0 Å². The predicted octanol–water partition coefficient (Wildman–Crippen LogP) is 4.52. The van der Waals surface area contributed by atoms with E-state index in [1.807, 2.05) is 29.7 Å². The van der Waals surface area contributed by atoms with Gasteiger partial charge in [-0.2, -0.15) is 5.10 Å². The predicted molar refractivity (Wildman–Crippen MR) is 149 cm³/mol. The maximum atomic E-state index is 5.65. The zero-order valence-electron chi connectivity index (χ0n) is 21.4. The van der Waals surface area contributed by atoms with Crippen LogP contribution >= 0.6 is 11.3 Å². The van der Waals surface area contributed by atoms with Crippen molar-refractivity contribution in [2.24, 2.45) is 0 Å². The molecule has 1 N–H and O–H groups in total. The Kier molecular flexibility index (Phi) is 6.54. The number of likely N-dealkylation sites (tertiary alicyclic amines) is 2. The van der Waals surface area contributed by atoms with Gasteiger partial charge in [0, 0.05) is 54.6 Å². The molecule has 3 saturated heterocycles. The highest BCUT2D eigenvalue weighted by atomic mass is 32.1. The Morgan fingerprint density at radius 1 is 0.973 bits per heavy atom. The molecule has 0 amide bonds. The van der Waals surface area contributed by atoms with Crippen molar-refractivity contribution in [3.05, 3.63) is 35.3 Å². The first-order chi connectivity index (χ1) is 18.3. The average Bonchev–Trinajstić information content (AvgIpc) is 3.60. The van der Waals surface area contributed by atoms with E-state index in [1.54, 1.807) is 0 Å². The third-order valence-electron chi connectivity index (χ3n) is 8.28. The van der Waals surface area contributed by atoms with Gasteiger partial charge in [-0.25, -0.2) is 9.97 Å². The molecule has 4 aromatic rings. The second-order valence-corrected chi connectivity index (χ2v) is 11.8. The largest absolute Gasteiger partial charge is 0.378 e. The first-order valence-corrected chi connectivity index (χ1v) is 14.7. The lowest BCUT2D eigenvalue weighted by molar-refractivity contribution is 0.0901. The van der Waals surface area contributed by atoms with E-state index in [4.69, 9.17) is 14.7 Å². The molecule has 3 aromatic heterocycles. The number of rotatable bonds is 5. The Hall–Kier alpha value is -2.59. The number of thiophene rings is 1. The summed E-state index contributed by atoms with van der Waals surface area (Å²) in [5.41, 5.74) is 3.08. The molecule has 0 saturated carbocycles. The number of hydrogen-bond donors (Lipinski definition) is 1. The zero-order chi connectivity index (χ0) is 24.6. The van der Waals surface area contributed by atoms with Gasteiger partial charge in [0.1, 0.15) is 0 Å². The second-order valence-electron chi connectivity index (χ2n) is 10.6. The molecule has 3 aliphatic rings. The summed E-state index contributed by atoms with van der Waals surface area (Å²) in [5, 5.41) is 8.39. The Morgan fingerprint density at radius 2 is 1.81 bits per heavy atom. The Morgan fingerprint density at radius 3 is 2.65 bits per heavy atom. The van der Waals surface area contributed by atoms with Crippen LogP contribution in [0.3, 0.4) is 0 Å². The van der Waals surface area contributed by atoms with E-state index in [1.165, 1.54) is 67.9 Å². The van der Waals surface area contributed by atoms with E-state index in [0.29, 0.717) is 0 Å². The number of hydrogen-bond acceptors (Lipinski definition) is 8. The van der Waals surface area contributed by atoms with Crippen molar-refractivity contribution in [2.75, 3.05) is 57.4 Å². The number of ether oxygens (including phenoxy) is 1. The fourth-order valence-corrected chi connectivity index (χ4v) is 7.42. The molecule has 0 spiro atoms. The first-order valence-electron chi connectivity index (χ1n) is 13.8. The molecule has 3 aliphatic heterocycles. The molecule has 0 atom stereocenters. The van der Waals surface area contributed by atoms with Gasteiger partial charge in [-0.15, -0.1) is 11.3 Å². The highest BCUT2D eigenvalue weighted by Crippen LogP contribution is 2.36. The fourth-order valence-electron chi connectivity index (χ4n) is 6.26. The van der Waals surface area contributed by atoms with Gasteiger partial charge in [0.05, 0.1) is 35.1 Å². The van der Waals surface area contributed by atoms with E-state index in [0.717, 1.165) is 72.5 Å². The number of piperidine rings is 2. The van der Waals surface area contributed by atoms with Gasteiger partial charge < -0.3 is 14.5 Å². The quantitative estimate of drug-likeness (QED) is 0.417. The molecule has 9 heteroatoms. The maximum Gasteiger partial charge on any atom is 0.162 e. The van der Waals surface area contributed by atoms with Crippen LogP contribution in [-0.4, -0.2) is 88.5 Å². The van der Waals surface area contributed by atoms with Crippen LogP contribution in [0.4, 0.5) is 5.82 Å². The summed E-state index contributed by atoms with van der Waals surface area (Å²) in [6, 6.07) is 9.28. The van der Waals surface area contributed by atoms with E-state index >= 15 is 0 Å². The third-order valence-corrected chi connectivity index (χ3v) is 9.39. The van der Waals surface area contributed by atoms with Gasteiger partial charge in [-0.05, 0) is 50.9 Å². The summed E-state index contributed by atoms with van der Waals surface area (Å²) >= 11 is 1.87. The van der Waals surface area contributed by atoms with Gasteiger partial charge in [0.15, 0.2) is 11.6 Å². The summed E-state index contributed by atoms with van der Waals surface area (Å²) in [6.07, 6.45) is 8.64. The van der Waals surface area contributed by atoms with Crippen molar-refractivity contribution in [1.29, 1.82) is 0 Å². The number of aromatic nitrogens is 4. The number of H-pyrrole nitrogens is 1. The molecule has 6 heterocycles. The standard InChI is InChI=1S/C28H35N7OS/c1-2-9-34(10-3-1)20-7-11-33(12-8-20)19-21-17-25-26(37-21)28(35-13-15-36-16-14-35)31-27(30-25)22-5-4-6-24-23(22)18-29-32-24/h4-6,17-18,20H,1-3,7-16,19H2,(H,29,32). The maximum absolute atomic E-state index is 5.65. The lowest BCUT2D eigenvalue weighted by Gasteiger charge is -2.40. The number of fused-ring (bicyclic) bond motifs is 2. The van der Waals surface area contributed by atoms with Crippen LogP contribution in [0, 0.1) is 0 Å². The molecule has 0 unspecified atom stereocenters. The summed E-state index contributed by atoms with van der Waals surface area (Å²) in [6.45, 7) is 9.18. The molecule has 7 rings (SSSR count). The molecule has 3 fully saturated rings. The first kappa shape index (κ1) is 23.5. The Bertz CT molecular complexity index is 1360. The number of morpholine rings is 1. The molecular formula is C28H35N7OS. The fraction of sp³-hybridized carbons (Fsp3) is 0.536. The minimum absolute atomic E-state index is 0.738. The Balaban J connectivity index is 1.17. The second kappa shape index (κ2) is 10.3. The molecule has 194 valence electrons. The van der Waals surface area contributed by atoms with Crippen molar-refractivity contribution >= 4 is 38.3 Å². The van der Waals surface area contributed by atoms with Gasteiger partial charge >= 0.3 is 0 Å². The van der Waals surface area contributed by atoms with E-state index < -0.39 is 0 Å². The molecule has 0 radical (unpaired) electrons. The highest BCUT2D eigenvalue weighted by molar-refractivity contribution is 7.19. The van der Waals surface area contributed by atoms with Gasteiger partial charge in [0.2, 0.25) is 0 Å². The monoisotopic (exact) mass is 517 g/mol. The highest BCUT2D eigenvalue weighted by Gasteiger charge is 2.26. The van der Waals surface area contributed by atoms with Crippen molar-refractivity contribution in [1.82, 2.24) is 30.0 Å². The molecule has 37 heavy (non-hydrogen) atoms. The smallest absolute Gasteiger partial charge is 0.162 e. The summed E-state index contributed by atoms with van der Waals surface area (Å²) in [5.74, 6) is 1.82. The SMILES string of the molecule is c1cc(-c2nc(N3CCOCC3)c3sc(CN4CCC(N5CCCCC5)CC4)cc3n2)c2cn[nH]c2c1. The zero-order valence-corrected chi connectivity index (χ0v) is 22.2. The van der Waals surface area contributed by atoms with Crippen molar-refractivity contribution in [3.8, 4) is 11.4 Å². The van der Waals surface area contributed by atoms with Gasteiger partial charge in [-0.1, -0.05) is 18.6 Å². The van der Waals surface area contributed by atoms with Gasteiger partial charge in [0.25, 0.3) is 0 Å². The summed E-state index contributed by atoms with van der Waals surface area (Å²) < 4.78 is 6.85. The minimum Gasteiger partial charge on any atom is -0.378 e. The lowest BCUT2D eigenvalue weighted by atomic mass is 10.00. The average molecular weight is 518 g/mol. The van der Waals surface area contributed by atoms with Crippen LogP contribution in [-0.2, 0) is 11.3 Å². The van der Waals surface area contributed by atoms with Crippen LogP contribution in [0.25, 0.3) is 32.5 Å². The van der Waals surface area contributed by atoms with Crippen molar-refractivity contribution in [2.45, 2.75) is 44.7 Å². The van der Waals surface area contributed by atoms with Crippen LogP contribution in [0.2, 0.25) is 0 Å². The van der Waals surface area contributed by atoms with Crippen LogP contribution in [0.5, 0.6) is 0 Å². The van der Waals surface area contributed by atoms with E-state index in [9.17, 15) is 0 Å². The lowest BCUT2D eigenvalue weighted by Crippen LogP contribution is -2.46. The summed E-state index contributed by atoms with van der Waals surface area (Å²) in [4.78, 5) is 19.4. The molecular weight excluding hydrogens is 482 g/mol. The van der Waals surface area contributed by atoms with E-state index in [-0.39, 0.29) is 0 Å². The van der Waals surface area contributed by atoms with Crippen molar-refractivity contribution < 1.29 is 4.74 Å². The summed E-state index contributed by atoms with van der Waals surface area (Å²) in [7, 11) is 0. The number of anilines is 1. The number of nitrogens with one attached hydrogen (secondary N) is 1. The minimum atomic E-state index is 0.738. The molecule has 8 nitrogen and oxygen atoms in total. The number of nitrogens with zero attached hydrogens (tertiary/aromatic N) is 6. The number of aromatic amines is 1. The van der Waals surface area contributed by atoms with Crippen LogP contribution < -0.4 is 4.90 Å². The normalized spacial score (nSPS) is 20.8. The van der Waals surface area contributed by atoms with E-state index in [2.05, 4.69) is 37.0 Å². The molecule has 0 bridgehead atoms. The number of benzene rings is 1. The Labute approximate surface area is 221 Å². The molecule has 1 aromatic carbocycles. The third kappa shape index (κ3) is 4.74.